The van der Waals surface area contributed by atoms with Crippen LogP contribution in [0.5, 0.6) is 0 Å². The first-order chi connectivity index (χ1) is 7.11. The SMILES string of the molecule is CC(C)O/N=C(/C(N)=O)c1ccccc1. The monoisotopic (exact) mass is 206 g/mol. The van der Waals surface area contributed by atoms with Crippen molar-refractivity contribution in [1.29, 1.82) is 0 Å². The topological polar surface area (TPSA) is 64.7 Å². The second-order valence-electron chi connectivity index (χ2n) is 3.32. The highest BCUT2D eigenvalue weighted by Gasteiger charge is 2.10. The van der Waals surface area contributed by atoms with Gasteiger partial charge in [0.25, 0.3) is 5.91 Å². The summed E-state index contributed by atoms with van der Waals surface area (Å²) >= 11 is 0. The predicted octanol–water partition coefficient (Wildman–Crippen LogP) is 1.30. The van der Waals surface area contributed by atoms with Crippen LogP contribution >= 0.6 is 0 Å². The van der Waals surface area contributed by atoms with Crippen molar-refractivity contribution in [1.82, 2.24) is 0 Å². The fourth-order valence-electron chi connectivity index (χ4n) is 0.994. The summed E-state index contributed by atoms with van der Waals surface area (Å²) in [5, 5.41) is 3.74. The molecule has 0 atom stereocenters. The summed E-state index contributed by atoms with van der Waals surface area (Å²) in [5.74, 6) is -0.596. The third-order valence-corrected chi connectivity index (χ3v) is 1.64. The maximum atomic E-state index is 11.1. The van der Waals surface area contributed by atoms with Crippen LogP contribution in [-0.4, -0.2) is 17.7 Å². The van der Waals surface area contributed by atoms with Gasteiger partial charge in [0.2, 0.25) is 0 Å². The van der Waals surface area contributed by atoms with Crippen molar-refractivity contribution in [2.24, 2.45) is 10.9 Å². The Bertz CT molecular complexity index is 358. The number of nitrogens with two attached hydrogens (primary N) is 1. The van der Waals surface area contributed by atoms with Gasteiger partial charge in [0.15, 0.2) is 5.71 Å². The van der Waals surface area contributed by atoms with E-state index in [1.54, 1.807) is 12.1 Å². The third-order valence-electron chi connectivity index (χ3n) is 1.64. The second-order valence-corrected chi connectivity index (χ2v) is 3.32. The molecule has 0 bridgehead atoms. The summed E-state index contributed by atoms with van der Waals surface area (Å²) in [6, 6.07) is 8.98. The molecule has 0 saturated carbocycles. The fourth-order valence-corrected chi connectivity index (χ4v) is 0.994. The summed E-state index contributed by atoms with van der Waals surface area (Å²) in [6.07, 6.45) is -0.0805. The van der Waals surface area contributed by atoms with Gasteiger partial charge in [0.1, 0.15) is 6.10 Å². The van der Waals surface area contributed by atoms with E-state index in [1.165, 1.54) is 0 Å². The molecule has 0 aliphatic rings. The highest BCUT2D eigenvalue weighted by atomic mass is 16.6. The van der Waals surface area contributed by atoms with Crippen LogP contribution in [0.3, 0.4) is 0 Å². The molecule has 0 aliphatic carbocycles. The Labute approximate surface area is 88.7 Å². The quantitative estimate of drug-likeness (QED) is 0.596. The van der Waals surface area contributed by atoms with E-state index < -0.39 is 5.91 Å². The van der Waals surface area contributed by atoms with Gasteiger partial charge in [0.05, 0.1) is 0 Å². The maximum absolute atomic E-state index is 11.1. The Morgan fingerprint density at radius 2 is 1.93 bits per heavy atom. The van der Waals surface area contributed by atoms with E-state index in [1.807, 2.05) is 32.0 Å². The lowest BCUT2D eigenvalue weighted by atomic mass is 10.1. The molecule has 1 rings (SSSR count). The van der Waals surface area contributed by atoms with Crippen molar-refractivity contribution < 1.29 is 9.63 Å². The number of nitrogens with zero attached hydrogens (tertiary/aromatic N) is 1. The Morgan fingerprint density at radius 1 is 1.33 bits per heavy atom. The maximum Gasteiger partial charge on any atom is 0.271 e. The molecule has 0 saturated heterocycles. The molecular formula is C11H14N2O2. The van der Waals surface area contributed by atoms with Crippen LogP contribution in [-0.2, 0) is 9.63 Å². The van der Waals surface area contributed by atoms with Crippen molar-refractivity contribution in [3.8, 4) is 0 Å². The van der Waals surface area contributed by atoms with E-state index in [9.17, 15) is 4.79 Å². The van der Waals surface area contributed by atoms with Crippen molar-refractivity contribution in [3.05, 3.63) is 35.9 Å². The lowest BCUT2D eigenvalue weighted by Crippen LogP contribution is -2.25. The van der Waals surface area contributed by atoms with Crippen LogP contribution in [0, 0.1) is 0 Å². The molecule has 0 spiro atoms. The van der Waals surface area contributed by atoms with Gasteiger partial charge >= 0.3 is 0 Å². The number of primary amides is 1. The van der Waals surface area contributed by atoms with Gasteiger partial charge in [-0.15, -0.1) is 0 Å². The van der Waals surface area contributed by atoms with Crippen LogP contribution in [0.2, 0.25) is 0 Å². The first kappa shape index (κ1) is 11.2. The van der Waals surface area contributed by atoms with E-state index in [0.717, 1.165) is 0 Å². The van der Waals surface area contributed by atoms with Gasteiger partial charge in [-0.05, 0) is 13.8 Å². The van der Waals surface area contributed by atoms with Crippen molar-refractivity contribution in [3.63, 3.8) is 0 Å². The van der Waals surface area contributed by atoms with Gasteiger partial charge in [-0.25, -0.2) is 0 Å². The zero-order chi connectivity index (χ0) is 11.3. The fraction of sp³-hybridized carbons (Fsp3) is 0.273. The van der Waals surface area contributed by atoms with E-state index >= 15 is 0 Å². The molecule has 0 aliphatic heterocycles. The van der Waals surface area contributed by atoms with Gasteiger partial charge in [0, 0.05) is 5.56 Å². The zero-order valence-electron chi connectivity index (χ0n) is 8.81. The second kappa shape index (κ2) is 5.14. The van der Waals surface area contributed by atoms with Gasteiger partial charge in [-0.1, -0.05) is 35.5 Å². The van der Waals surface area contributed by atoms with E-state index in [4.69, 9.17) is 10.6 Å². The van der Waals surface area contributed by atoms with Crippen molar-refractivity contribution in [2.75, 3.05) is 0 Å². The zero-order valence-corrected chi connectivity index (χ0v) is 8.81. The van der Waals surface area contributed by atoms with Crippen molar-refractivity contribution >= 4 is 11.6 Å². The lowest BCUT2D eigenvalue weighted by Gasteiger charge is -2.05. The number of carbonyl (C=O) groups excluding carboxylic acids is 1. The molecule has 80 valence electrons. The first-order valence-electron chi connectivity index (χ1n) is 4.70. The summed E-state index contributed by atoms with van der Waals surface area (Å²) in [6.45, 7) is 3.65. The minimum atomic E-state index is -0.596. The molecule has 2 N–H and O–H groups in total. The highest BCUT2D eigenvalue weighted by molar-refractivity contribution is 6.44. The summed E-state index contributed by atoms with van der Waals surface area (Å²) < 4.78 is 0. The summed E-state index contributed by atoms with van der Waals surface area (Å²) in [4.78, 5) is 16.1. The Morgan fingerprint density at radius 3 is 2.40 bits per heavy atom. The van der Waals surface area contributed by atoms with E-state index in [-0.39, 0.29) is 11.8 Å². The largest absolute Gasteiger partial charge is 0.392 e. The molecule has 4 heteroatoms. The van der Waals surface area contributed by atoms with Crippen LogP contribution in [0.4, 0.5) is 0 Å². The molecule has 1 aromatic rings. The number of hydrogen-bond acceptors (Lipinski definition) is 3. The highest BCUT2D eigenvalue weighted by Crippen LogP contribution is 2.02. The molecule has 4 nitrogen and oxygen atoms in total. The number of oxime groups is 1. The Balaban J connectivity index is 2.94. The van der Waals surface area contributed by atoms with Crippen molar-refractivity contribution in [2.45, 2.75) is 20.0 Å². The smallest absolute Gasteiger partial charge is 0.271 e. The molecule has 1 amide bonds. The average Bonchev–Trinajstić information content (AvgIpc) is 2.18. The number of rotatable bonds is 4. The predicted molar refractivity (Wildman–Crippen MR) is 58.4 cm³/mol. The number of hydrogen-bond donors (Lipinski definition) is 1. The molecule has 0 fully saturated rings. The lowest BCUT2D eigenvalue weighted by molar-refractivity contribution is -0.112. The molecule has 0 aromatic heterocycles. The molecule has 0 radical (unpaired) electrons. The number of amides is 1. The molecule has 15 heavy (non-hydrogen) atoms. The Hall–Kier alpha value is -1.84. The Kier molecular flexibility index (Phi) is 3.85. The molecule has 0 unspecified atom stereocenters. The normalized spacial score (nSPS) is 11.5. The first-order valence-corrected chi connectivity index (χ1v) is 4.70. The molecule has 0 heterocycles. The third kappa shape index (κ3) is 3.42. The van der Waals surface area contributed by atoms with Gasteiger partial charge < -0.3 is 10.6 Å². The van der Waals surface area contributed by atoms with Crippen LogP contribution in [0.1, 0.15) is 19.4 Å². The standard InChI is InChI=1S/C11H14N2O2/c1-8(2)15-13-10(11(12)14)9-6-4-3-5-7-9/h3-8H,1-2H3,(H2,12,14)/b13-10+. The van der Waals surface area contributed by atoms with Gasteiger partial charge in [-0.2, -0.15) is 0 Å². The van der Waals surface area contributed by atoms with E-state index in [0.29, 0.717) is 5.56 Å². The molecule has 1 aromatic carbocycles. The summed E-state index contributed by atoms with van der Waals surface area (Å²) in [5.41, 5.74) is 6.01. The van der Waals surface area contributed by atoms with Crippen LogP contribution in [0.25, 0.3) is 0 Å². The van der Waals surface area contributed by atoms with Gasteiger partial charge in [-0.3, -0.25) is 4.79 Å². The number of benzene rings is 1. The van der Waals surface area contributed by atoms with E-state index in [2.05, 4.69) is 5.16 Å². The molecular weight excluding hydrogens is 192 g/mol. The number of carbonyl (C=O) groups is 1. The van der Waals surface area contributed by atoms with Crippen LogP contribution in [0.15, 0.2) is 35.5 Å². The summed E-state index contributed by atoms with van der Waals surface area (Å²) in [7, 11) is 0. The van der Waals surface area contributed by atoms with Crippen LogP contribution < -0.4 is 5.73 Å². The average molecular weight is 206 g/mol. The minimum absolute atomic E-state index is 0.0805. The minimum Gasteiger partial charge on any atom is -0.392 e.